The Balaban J connectivity index is 2.33. The first kappa shape index (κ1) is 9.02. The molecule has 0 saturated heterocycles. The normalized spacial score (nSPS) is 16.1. The summed E-state index contributed by atoms with van der Waals surface area (Å²) in [5.41, 5.74) is 5.39. The summed E-state index contributed by atoms with van der Waals surface area (Å²) in [6, 6.07) is 4.27. The largest absolute Gasteiger partial charge is 0.464 e. The number of furan rings is 1. The second-order valence-corrected chi connectivity index (χ2v) is 4.55. The van der Waals surface area contributed by atoms with E-state index in [-0.39, 0.29) is 0 Å². The van der Waals surface area contributed by atoms with Crippen LogP contribution in [0.3, 0.4) is 0 Å². The van der Waals surface area contributed by atoms with E-state index in [2.05, 4.69) is 26.0 Å². The van der Waals surface area contributed by atoms with E-state index in [1.54, 1.807) is 0 Å². The number of hydrogen-bond acceptors (Lipinski definition) is 1. The number of fused-ring (bicyclic) bond motifs is 1. The van der Waals surface area contributed by atoms with Crippen molar-refractivity contribution >= 4 is 11.0 Å². The third kappa shape index (κ3) is 1.30. The molecule has 0 radical (unpaired) electrons. The minimum Gasteiger partial charge on any atom is -0.464 e. The molecule has 1 fully saturated rings. The van der Waals surface area contributed by atoms with Crippen molar-refractivity contribution in [3.05, 3.63) is 35.1 Å². The Morgan fingerprint density at radius 3 is 2.80 bits per heavy atom. The van der Waals surface area contributed by atoms with Gasteiger partial charge in [-0.25, -0.2) is 0 Å². The Labute approximate surface area is 90.1 Å². The molecule has 0 spiro atoms. The van der Waals surface area contributed by atoms with Crippen molar-refractivity contribution < 1.29 is 4.42 Å². The topological polar surface area (TPSA) is 13.1 Å². The van der Waals surface area contributed by atoms with E-state index in [4.69, 9.17) is 4.42 Å². The zero-order valence-electron chi connectivity index (χ0n) is 9.34. The molecular weight excluding hydrogens is 184 g/mol. The van der Waals surface area contributed by atoms with Crippen molar-refractivity contribution in [1.82, 2.24) is 0 Å². The van der Waals surface area contributed by atoms with Gasteiger partial charge < -0.3 is 4.42 Å². The predicted octanol–water partition coefficient (Wildman–Crippen LogP) is 4.18. The van der Waals surface area contributed by atoms with E-state index >= 15 is 0 Å². The van der Waals surface area contributed by atoms with Gasteiger partial charge in [0.1, 0.15) is 5.58 Å². The van der Waals surface area contributed by atoms with E-state index in [9.17, 15) is 0 Å². The lowest BCUT2D eigenvalue weighted by atomic mass is 9.98. The molecule has 3 rings (SSSR count). The summed E-state index contributed by atoms with van der Waals surface area (Å²) in [7, 11) is 0. The van der Waals surface area contributed by atoms with Gasteiger partial charge in [-0.05, 0) is 49.3 Å². The van der Waals surface area contributed by atoms with E-state index in [0.717, 1.165) is 17.9 Å². The van der Waals surface area contributed by atoms with Crippen LogP contribution in [-0.2, 0) is 6.42 Å². The fourth-order valence-electron chi connectivity index (χ4n) is 2.48. The molecule has 0 atom stereocenters. The lowest BCUT2D eigenvalue weighted by Gasteiger charge is -2.05. The fraction of sp³-hybridized carbons (Fsp3) is 0.429. The monoisotopic (exact) mass is 200 g/mol. The van der Waals surface area contributed by atoms with Crippen LogP contribution in [0, 0.1) is 6.92 Å². The van der Waals surface area contributed by atoms with Crippen LogP contribution in [0.4, 0.5) is 0 Å². The van der Waals surface area contributed by atoms with Crippen molar-refractivity contribution in [2.24, 2.45) is 0 Å². The maximum Gasteiger partial charge on any atom is 0.134 e. The molecule has 0 aliphatic heterocycles. The maximum absolute atomic E-state index is 5.65. The van der Waals surface area contributed by atoms with E-state index in [1.165, 1.54) is 34.9 Å². The summed E-state index contributed by atoms with van der Waals surface area (Å²) in [5.74, 6) is 0.776. The molecule has 0 unspecified atom stereocenters. The maximum atomic E-state index is 5.65. The number of aryl methyl sites for hydroxylation is 2. The Morgan fingerprint density at radius 1 is 1.33 bits per heavy atom. The van der Waals surface area contributed by atoms with E-state index < -0.39 is 0 Å². The van der Waals surface area contributed by atoms with Crippen LogP contribution < -0.4 is 0 Å². The van der Waals surface area contributed by atoms with Crippen LogP contribution in [0.25, 0.3) is 11.0 Å². The second-order valence-electron chi connectivity index (χ2n) is 4.55. The highest BCUT2D eigenvalue weighted by molar-refractivity contribution is 5.86. The molecule has 0 bridgehead atoms. The summed E-state index contributed by atoms with van der Waals surface area (Å²) < 4.78 is 5.65. The van der Waals surface area contributed by atoms with Crippen molar-refractivity contribution in [2.45, 2.75) is 39.0 Å². The third-order valence-electron chi connectivity index (χ3n) is 3.48. The van der Waals surface area contributed by atoms with Gasteiger partial charge in [0.05, 0.1) is 6.26 Å². The van der Waals surface area contributed by atoms with Crippen molar-refractivity contribution in [1.29, 1.82) is 0 Å². The third-order valence-corrected chi connectivity index (χ3v) is 3.48. The molecule has 1 aliphatic carbocycles. The van der Waals surface area contributed by atoms with Gasteiger partial charge >= 0.3 is 0 Å². The number of hydrogen-bond donors (Lipinski definition) is 0. The van der Waals surface area contributed by atoms with Gasteiger partial charge in [-0.15, -0.1) is 0 Å². The lowest BCUT2D eigenvalue weighted by molar-refractivity contribution is 0.610. The van der Waals surface area contributed by atoms with Crippen LogP contribution >= 0.6 is 0 Å². The summed E-state index contributed by atoms with van der Waals surface area (Å²) >= 11 is 0. The van der Waals surface area contributed by atoms with Crippen LogP contribution in [0.2, 0.25) is 0 Å². The molecule has 1 nitrogen and oxygen atoms in total. The quantitative estimate of drug-likeness (QED) is 0.708. The molecule has 1 saturated carbocycles. The molecule has 2 aromatic rings. The first-order chi connectivity index (χ1) is 7.31. The molecule has 1 aliphatic rings. The van der Waals surface area contributed by atoms with Crippen molar-refractivity contribution in [2.75, 3.05) is 0 Å². The molecule has 1 heterocycles. The molecular formula is C14H16O. The van der Waals surface area contributed by atoms with Gasteiger partial charge in [0.2, 0.25) is 0 Å². The molecule has 1 aromatic carbocycles. The standard InChI is InChI=1S/C14H16O/c1-3-11-9(2)4-7-13-14(11)12(8-15-13)10-5-6-10/h4,7-8,10H,3,5-6H2,1-2H3. The highest BCUT2D eigenvalue weighted by Crippen LogP contribution is 2.45. The Kier molecular flexibility index (Phi) is 1.88. The first-order valence-corrected chi connectivity index (χ1v) is 5.81. The lowest BCUT2D eigenvalue weighted by Crippen LogP contribution is -1.89. The Morgan fingerprint density at radius 2 is 2.13 bits per heavy atom. The predicted molar refractivity (Wildman–Crippen MR) is 62.3 cm³/mol. The molecule has 0 N–H and O–H groups in total. The van der Waals surface area contributed by atoms with Gasteiger partial charge in [0.25, 0.3) is 0 Å². The highest BCUT2D eigenvalue weighted by Gasteiger charge is 2.28. The van der Waals surface area contributed by atoms with Crippen LogP contribution in [0.1, 0.15) is 42.4 Å². The van der Waals surface area contributed by atoms with E-state index in [0.29, 0.717) is 0 Å². The van der Waals surface area contributed by atoms with Gasteiger partial charge in [-0.1, -0.05) is 13.0 Å². The fourth-order valence-corrected chi connectivity index (χ4v) is 2.48. The summed E-state index contributed by atoms with van der Waals surface area (Å²) in [5, 5.41) is 1.40. The minimum absolute atomic E-state index is 0.776. The Hall–Kier alpha value is -1.24. The molecule has 1 aromatic heterocycles. The van der Waals surface area contributed by atoms with Crippen molar-refractivity contribution in [3.8, 4) is 0 Å². The van der Waals surface area contributed by atoms with Crippen LogP contribution in [-0.4, -0.2) is 0 Å². The van der Waals surface area contributed by atoms with Gasteiger partial charge in [0.15, 0.2) is 0 Å². The molecule has 0 amide bonds. The summed E-state index contributed by atoms with van der Waals surface area (Å²) in [6.07, 6.45) is 5.75. The van der Waals surface area contributed by atoms with Gasteiger partial charge in [0, 0.05) is 10.9 Å². The van der Waals surface area contributed by atoms with Crippen LogP contribution in [0.15, 0.2) is 22.8 Å². The van der Waals surface area contributed by atoms with Gasteiger partial charge in [-0.3, -0.25) is 0 Å². The Bertz CT molecular complexity index is 503. The number of benzene rings is 1. The number of rotatable bonds is 2. The molecule has 1 heteroatoms. The molecule has 15 heavy (non-hydrogen) atoms. The summed E-state index contributed by atoms with van der Waals surface area (Å²) in [4.78, 5) is 0. The van der Waals surface area contributed by atoms with Crippen LogP contribution in [0.5, 0.6) is 0 Å². The zero-order valence-corrected chi connectivity index (χ0v) is 9.34. The highest BCUT2D eigenvalue weighted by atomic mass is 16.3. The molecule has 78 valence electrons. The zero-order chi connectivity index (χ0) is 10.4. The van der Waals surface area contributed by atoms with Crippen molar-refractivity contribution in [3.63, 3.8) is 0 Å². The first-order valence-electron chi connectivity index (χ1n) is 5.81. The SMILES string of the molecule is CCc1c(C)ccc2occ(C3CC3)c12. The average Bonchev–Trinajstić information content (AvgIpc) is 2.99. The minimum atomic E-state index is 0.776. The average molecular weight is 200 g/mol. The second kappa shape index (κ2) is 3.13. The smallest absolute Gasteiger partial charge is 0.134 e. The van der Waals surface area contributed by atoms with E-state index in [1.807, 2.05) is 6.26 Å². The van der Waals surface area contributed by atoms with Gasteiger partial charge in [-0.2, -0.15) is 0 Å². The summed E-state index contributed by atoms with van der Waals surface area (Å²) in [6.45, 7) is 4.42.